The van der Waals surface area contributed by atoms with Crippen molar-refractivity contribution in [2.75, 3.05) is 5.32 Å². The number of aryl methyl sites for hydroxylation is 1. The zero-order chi connectivity index (χ0) is 14.7. The smallest absolute Gasteiger partial charge is 0.258 e. The van der Waals surface area contributed by atoms with Crippen LogP contribution in [-0.2, 0) is 11.1 Å². The molecule has 1 atom stereocenters. The van der Waals surface area contributed by atoms with Crippen molar-refractivity contribution in [2.45, 2.75) is 11.8 Å². The molecule has 0 aliphatic rings. The van der Waals surface area contributed by atoms with E-state index in [2.05, 4.69) is 15.3 Å². The van der Waals surface area contributed by atoms with Gasteiger partial charge in [-0.2, -0.15) is 0 Å². The van der Waals surface area contributed by atoms with E-state index in [1.807, 2.05) is 0 Å². The highest BCUT2D eigenvalue weighted by Gasteiger charge is 2.13. The fourth-order valence-corrected chi connectivity index (χ4v) is 1.97. The minimum absolute atomic E-state index is 0.0535. The molecule has 0 spiro atoms. The van der Waals surface area contributed by atoms with E-state index in [0.717, 1.165) is 12.1 Å². The van der Waals surface area contributed by atoms with Crippen LogP contribution in [0, 0.1) is 12.7 Å². The normalized spacial score (nSPS) is 11.9. The molecule has 0 saturated carbocycles. The summed E-state index contributed by atoms with van der Waals surface area (Å²) in [6.45, 7) is 1.68. The zero-order valence-electron chi connectivity index (χ0n) is 10.3. The highest BCUT2D eigenvalue weighted by molar-refractivity contribution is 7.79. The summed E-state index contributed by atoms with van der Waals surface area (Å²) < 4.78 is 33.2. The molecule has 0 aliphatic carbocycles. The fraction of sp³-hybridized carbons (Fsp3) is 0.0833. The Hall–Kier alpha value is -2.19. The van der Waals surface area contributed by atoms with Gasteiger partial charge in [-0.3, -0.25) is 4.79 Å². The van der Waals surface area contributed by atoms with Crippen molar-refractivity contribution in [2.24, 2.45) is 0 Å². The molecule has 1 aromatic heterocycles. The van der Waals surface area contributed by atoms with Gasteiger partial charge in [0.1, 0.15) is 11.6 Å². The molecule has 1 amide bonds. The lowest BCUT2D eigenvalue weighted by molar-refractivity contribution is 0.102. The maximum absolute atomic E-state index is 13.0. The van der Waals surface area contributed by atoms with Gasteiger partial charge < -0.3 is 9.87 Å². The van der Waals surface area contributed by atoms with Crippen LogP contribution in [0.25, 0.3) is 0 Å². The molecule has 6 nitrogen and oxygen atoms in total. The zero-order valence-corrected chi connectivity index (χ0v) is 11.1. The molecule has 20 heavy (non-hydrogen) atoms. The topological polar surface area (TPSA) is 92.2 Å². The molecule has 0 bridgehead atoms. The first-order chi connectivity index (χ1) is 9.47. The number of nitrogens with zero attached hydrogens (tertiary/aromatic N) is 2. The number of amides is 1. The van der Waals surface area contributed by atoms with Crippen LogP contribution in [0.4, 0.5) is 10.1 Å². The number of rotatable bonds is 3. The van der Waals surface area contributed by atoms with Gasteiger partial charge in [-0.25, -0.2) is 18.6 Å². The maximum atomic E-state index is 13.0. The van der Waals surface area contributed by atoms with E-state index in [4.69, 9.17) is 4.55 Å². The van der Waals surface area contributed by atoms with Gasteiger partial charge >= 0.3 is 0 Å². The van der Waals surface area contributed by atoms with Crippen molar-refractivity contribution in [3.63, 3.8) is 0 Å². The highest BCUT2D eigenvalue weighted by Crippen LogP contribution is 2.20. The minimum Gasteiger partial charge on any atom is -0.321 e. The second kappa shape index (κ2) is 5.85. The van der Waals surface area contributed by atoms with Gasteiger partial charge in [-0.15, -0.1) is 0 Å². The summed E-state index contributed by atoms with van der Waals surface area (Å²) >= 11 is -2.41. The SMILES string of the molecule is Cc1ncc(C(=O)Nc2ccc(F)cc2S(=O)O)cn1. The molecule has 2 aromatic rings. The van der Waals surface area contributed by atoms with Crippen molar-refractivity contribution in [1.29, 1.82) is 0 Å². The number of carbonyl (C=O) groups is 1. The number of hydrogen-bond acceptors (Lipinski definition) is 4. The number of aromatic nitrogens is 2. The average molecular weight is 295 g/mol. The van der Waals surface area contributed by atoms with Gasteiger partial charge in [0.25, 0.3) is 5.91 Å². The Morgan fingerprint density at radius 2 is 2.00 bits per heavy atom. The fourth-order valence-electron chi connectivity index (χ4n) is 1.45. The Labute approximate surface area is 116 Å². The van der Waals surface area contributed by atoms with Gasteiger partial charge in [0.05, 0.1) is 16.1 Å². The van der Waals surface area contributed by atoms with E-state index >= 15 is 0 Å². The van der Waals surface area contributed by atoms with Crippen molar-refractivity contribution in [1.82, 2.24) is 9.97 Å². The lowest BCUT2D eigenvalue weighted by atomic mass is 10.2. The molecule has 104 valence electrons. The Morgan fingerprint density at radius 1 is 1.35 bits per heavy atom. The van der Waals surface area contributed by atoms with E-state index in [1.165, 1.54) is 18.5 Å². The van der Waals surface area contributed by atoms with Crippen LogP contribution in [-0.4, -0.2) is 24.6 Å². The van der Waals surface area contributed by atoms with E-state index < -0.39 is 22.8 Å². The summed E-state index contributed by atoms with van der Waals surface area (Å²) in [5.74, 6) is -0.706. The van der Waals surface area contributed by atoms with Gasteiger partial charge in [0.15, 0.2) is 11.1 Å². The third kappa shape index (κ3) is 3.22. The van der Waals surface area contributed by atoms with E-state index in [1.54, 1.807) is 6.92 Å². The molecule has 2 rings (SSSR count). The van der Waals surface area contributed by atoms with Crippen LogP contribution in [0.3, 0.4) is 0 Å². The second-order valence-electron chi connectivity index (χ2n) is 3.86. The summed E-state index contributed by atoms with van der Waals surface area (Å²) in [5, 5.41) is 2.42. The maximum Gasteiger partial charge on any atom is 0.258 e. The first-order valence-corrected chi connectivity index (χ1v) is 6.58. The van der Waals surface area contributed by atoms with Gasteiger partial charge in [-0.1, -0.05) is 0 Å². The number of anilines is 1. The minimum atomic E-state index is -2.41. The molecular weight excluding hydrogens is 285 g/mol. The van der Waals surface area contributed by atoms with Crippen LogP contribution in [0.15, 0.2) is 35.5 Å². The molecule has 1 unspecified atom stereocenters. The monoisotopic (exact) mass is 295 g/mol. The molecular formula is C12H10FN3O3S. The van der Waals surface area contributed by atoms with Gasteiger partial charge in [0.2, 0.25) is 0 Å². The molecule has 1 heterocycles. The quantitative estimate of drug-likeness (QED) is 0.842. The average Bonchev–Trinajstić information content (AvgIpc) is 2.41. The molecule has 0 aliphatic heterocycles. The lowest BCUT2D eigenvalue weighted by Gasteiger charge is -2.08. The standard InChI is InChI=1S/C12H10FN3O3S/c1-7-14-5-8(6-15-7)12(17)16-10-3-2-9(13)4-11(10)20(18)19/h2-6H,1H3,(H,16,17)(H,18,19). The molecule has 1 aromatic carbocycles. The predicted molar refractivity (Wildman–Crippen MR) is 70.2 cm³/mol. The Kier molecular flexibility index (Phi) is 4.16. The van der Waals surface area contributed by atoms with Crippen molar-refractivity contribution in [3.05, 3.63) is 47.8 Å². The third-order valence-corrected chi connectivity index (χ3v) is 3.14. The molecule has 0 fully saturated rings. The van der Waals surface area contributed by atoms with Crippen LogP contribution in [0.1, 0.15) is 16.2 Å². The van der Waals surface area contributed by atoms with Crippen molar-refractivity contribution < 1.29 is 17.9 Å². The van der Waals surface area contributed by atoms with E-state index in [9.17, 15) is 13.4 Å². The van der Waals surface area contributed by atoms with Gasteiger partial charge in [0, 0.05) is 12.4 Å². The summed E-state index contributed by atoms with van der Waals surface area (Å²) in [6.07, 6.45) is 2.66. The number of benzene rings is 1. The predicted octanol–water partition coefficient (Wildman–Crippen LogP) is 1.76. The van der Waals surface area contributed by atoms with E-state index in [-0.39, 0.29) is 16.1 Å². The summed E-state index contributed by atoms with van der Waals surface area (Å²) in [6, 6.07) is 3.18. The first kappa shape index (κ1) is 14.2. The Bertz CT molecular complexity index is 676. The Balaban J connectivity index is 2.28. The van der Waals surface area contributed by atoms with Crippen LogP contribution in [0.5, 0.6) is 0 Å². The van der Waals surface area contributed by atoms with Gasteiger partial charge in [-0.05, 0) is 25.1 Å². The number of halogens is 1. The van der Waals surface area contributed by atoms with Crippen molar-refractivity contribution in [3.8, 4) is 0 Å². The number of hydrogen-bond donors (Lipinski definition) is 2. The third-order valence-electron chi connectivity index (χ3n) is 2.42. The van der Waals surface area contributed by atoms with Crippen LogP contribution >= 0.6 is 0 Å². The summed E-state index contributed by atoms with van der Waals surface area (Å²) in [5.41, 5.74) is 0.243. The summed E-state index contributed by atoms with van der Waals surface area (Å²) in [4.78, 5) is 19.4. The number of carbonyl (C=O) groups excluding carboxylic acids is 1. The van der Waals surface area contributed by atoms with Crippen LogP contribution < -0.4 is 5.32 Å². The van der Waals surface area contributed by atoms with Crippen LogP contribution in [0.2, 0.25) is 0 Å². The lowest BCUT2D eigenvalue weighted by Crippen LogP contribution is -2.14. The highest BCUT2D eigenvalue weighted by atomic mass is 32.2. The number of nitrogens with one attached hydrogen (secondary N) is 1. The first-order valence-electron chi connectivity index (χ1n) is 5.48. The largest absolute Gasteiger partial charge is 0.321 e. The molecule has 2 N–H and O–H groups in total. The van der Waals surface area contributed by atoms with Crippen molar-refractivity contribution >= 4 is 22.7 Å². The molecule has 0 saturated heterocycles. The van der Waals surface area contributed by atoms with E-state index in [0.29, 0.717) is 5.82 Å². The Morgan fingerprint density at radius 3 is 2.60 bits per heavy atom. The summed E-state index contributed by atoms with van der Waals surface area (Å²) in [7, 11) is 0. The second-order valence-corrected chi connectivity index (χ2v) is 4.80. The molecule has 8 heteroatoms. The molecule has 0 radical (unpaired) electrons.